The van der Waals surface area contributed by atoms with E-state index >= 15 is 0 Å². The second-order valence-electron chi connectivity index (χ2n) is 6.88. The molecule has 0 aromatic heterocycles. The van der Waals surface area contributed by atoms with Crippen LogP contribution < -0.4 is 10.1 Å². The highest BCUT2D eigenvalue weighted by Crippen LogP contribution is 2.27. The molecule has 0 radical (unpaired) electrons. The fraction of sp³-hybridized carbons (Fsp3) is 0.579. The fourth-order valence-electron chi connectivity index (χ4n) is 3.40. The van der Waals surface area contributed by atoms with Gasteiger partial charge in [-0.3, -0.25) is 14.5 Å². The van der Waals surface area contributed by atoms with Crippen LogP contribution in [0.1, 0.15) is 25.7 Å². The van der Waals surface area contributed by atoms with E-state index in [1.165, 1.54) is 0 Å². The molecule has 150 valence electrons. The lowest BCUT2D eigenvalue weighted by Crippen LogP contribution is -2.36. The van der Waals surface area contributed by atoms with Gasteiger partial charge in [-0.2, -0.15) is 0 Å². The number of likely N-dealkylation sites (N-methyl/N-ethyl adjacent to an activating group) is 1. The van der Waals surface area contributed by atoms with Crippen molar-refractivity contribution >= 4 is 29.2 Å². The van der Waals surface area contributed by atoms with Gasteiger partial charge in [0.05, 0.1) is 19.3 Å². The summed E-state index contributed by atoms with van der Waals surface area (Å²) in [7, 11) is 3.41. The van der Waals surface area contributed by atoms with Gasteiger partial charge >= 0.3 is 5.97 Å². The van der Waals surface area contributed by atoms with E-state index in [1.807, 2.05) is 11.9 Å². The predicted octanol–water partition coefficient (Wildman–Crippen LogP) is 2.55. The van der Waals surface area contributed by atoms with Gasteiger partial charge in [0.2, 0.25) is 5.91 Å². The Morgan fingerprint density at radius 1 is 1.37 bits per heavy atom. The molecule has 1 heterocycles. The molecule has 1 aromatic rings. The quantitative estimate of drug-likeness (QED) is 0.701. The lowest BCUT2D eigenvalue weighted by molar-refractivity contribution is -0.138. The van der Waals surface area contributed by atoms with E-state index in [0.29, 0.717) is 29.4 Å². The Bertz CT molecular complexity index is 656. The van der Waals surface area contributed by atoms with Crippen molar-refractivity contribution in [1.29, 1.82) is 0 Å². The van der Waals surface area contributed by atoms with Crippen LogP contribution in [0.2, 0.25) is 5.02 Å². The third-order valence-corrected chi connectivity index (χ3v) is 5.12. The first kappa shape index (κ1) is 21.5. The van der Waals surface area contributed by atoms with Gasteiger partial charge in [0, 0.05) is 24.0 Å². The van der Waals surface area contributed by atoms with Crippen LogP contribution >= 0.6 is 11.6 Å². The third-order valence-electron chi connectivity index (χ3n) is 4.89. The number of anilines is 1. The maximum atomic E-state index is 12.3. The number of carbonyl (C=O) groups is 2. The van der Waals surface area contributed by atoms with Crippen molar-refractivity contribution < 1.29 is 19.4 Å². The minimum atomic E-state index is -0.799. The average molecular weight is 398 g/mol. The van der Waals surface area contributed by atoms with Crippen LogP contribution in [0.5, 0.6) is 5.75 Å². The number of carboxylic acid groups (broad SMARTS) is 1. The number of carboxylic acids is 1. The predicted molar refractivity (Wildman–Crippen MR) is 106 cm³/mol. The number of hydrogen-bond acceptors (Lipinski definition) is 5. The molecule has 1 unspecified atom stereocenters. The molecule has 0 bridgehead atoms. The number of aliphatic carboxylic acids is 1. The first-order valence-corrected chi connectivity index (χ1v) is 9.54. The molecule has 27 heavy (non-hydrogen) atoms. The minimum Gasteiger partial charge on any atom is -0.495 e. The Morgan fingerprint density at radius 2 is 2.15 bits per heavy atom. The van der Waals surface area contributed by atoms with Crippen LogP contribution in [0.4, 0.5) is 5.69 Å². The Hall–Kier alpha value is -1.83. The minimum absolute atomic E-state index is 0.0640. The van der Waals surface area contributed by atoms with E-state index in [0.717, 1.165) is 32.4 Å². The molecule has 2 rings (SSSR count). The second kappa shape index (κ2) is 10.5. The number of carbonyl (C=O) groups excluding carboxylic acids is 1. The highest BCUT2D eigenvalue weighted by Gasteiger charge is 2.22. The molecular formula is C19H28ClN3O4. The summed E-state index contributed by atoms with van der Waals surface area (Å²) < 4.78 is 5.24. The maximum absolute atomic E-state index is 12.3. The maximum Gasteiger partial charge on any atom is 0.317 e. The summed E-state index contributed by atoms with van der Waals surface area (Å²) in [6.45, 7) is 2.52. The van der Waals surface area contributed by atoms with Crippen molar-refractivity contribution in [2.45, 2.75) is 31.7 Å². The Morgan fingerprint density at radius 3 is 2.85 bits per heavy atom. The van der Waals surface area contributed by atoms with E-state index in [-0.39, 0.29) is 18.5 Å². The lowest BCUT2D eigenvalue weighted by atomic mass is 10.1. The van der Waals surface area contributed by atoms with Crippen molar-refractivity contribution in [3.63, 3.8) is 0 Å². The molecule has 1 saturated heterocycles. The van der Waals surface area contributed by atoms with Gasteiger partial charge in [-0.15, -0.1) is 0 Å². The van der Waals surface area contributed by atoms with E-state index in [4.69, 9.17) is 21.4 Å². The Kier molecular flexibility index (Phi) is 8.34. The van der Waals surface area contributed by atoms with Gasteiger partial charge in [0.25, 0.3) is 0 Å². The van der Waals surface area contributed by atoms with Crippen LogP contribution in [0, 0.1) is 0 Å². The molecule has 7 nitrogen and oxygen atoms in total. The van der Waals surface area contributed by atoms with Crippen molar-refractivity contribution in [1.82, 2.24) is 9.80 Å². The van der Waals surface area contributed by atoms with Gasteiger partial charge in [0.1, 0.15) is 5.75 Å². The molecule has 1 fully saturated rings. The van der Waals surface area contributed by atoms with Crippen molar-refractivity contribution in [3.05, 3.63) is 23.2 Å². The number of amides is 1. The van der Waals surface area contributed by atoms with Crippen LogP contribution in [0.25, 0.3) is 0 Å². The van der Waals surface area contributed by atoms with Gasteiger partial charge < -0.3 is 20.1 Å². The normalized spacial score (nSPS) is 18.1. The first-order chi connectivity index (χ1) is 12.9. The summed E-state index contributed by atoms with van der Waals surface area (Å²) in [5.74, 6) is -0.307. The number of nitrogens with one attached hydrogen (secondary N) is 1. The largest absolute Gasteiger partial charge is 0.495 e. The van der Waals surface area contributed by atoms with Crippen LogP contribution in [-0.4, -0.2) is 73.2 Å². The van der Waals surface area contributed by atoms with Gasteiger partial charge in [-0.05, 0) is 57.6 Å². The molecule has 2 N–H and O–H groups in total. The molecule has 1 aliphatic heterocycles. The number of methoxy groups -OCH3 is 1. The zero-order valence-corrected chi connectivity index (χ0v) is 16.7. The Balaban J connectivity index is 1.80. The van der Waals surface area contributed by atoms with Gasteiger partial charge in [0.15, 0.2) is 0 Å². The molecule has 1 atom stereocenters. The van der Waals surface area contributed by atoms with Crippen LogP contribution in [0.3, 0.4) is 0 Å². The fourth-order valence-corrected chi connectivity index (χ4v) is 3.57. The van der Waals surface area contributed by atoms with E-state index in [1.54, 1.807) is 25.3 Å². The summed E-state index contributed by atoms with van der Waals surface area (Å²) in [4.78, 5) is 27.4. The van der Waals surface area contributed by atoms with Crippen molar-refractivity contribution in [2.75, 3.05) is 45.7 Å². The molecule has 1 aliphatic rings. The highest BCUT2D eigenvalue weighted by molar-refractivity contribution is 6.31. The standard InChI is InChI=1S/C19H28ClN3O4/c1-22(13-19(25)26)15-4-3-9-23(10-7-15)11-8-18(24)21-16-12-14(20)5-6-17(16)27-2/h5-6,12,15H,3-4,7-11,13H2,1-2H3,(H,21,24)(H,25,26). The zero-order valence-electron chi connectivity index (χ0n) is 15.9. The number of hydrogen-bond donors (Lipinski definition) is 2. The summed E-state index contributed by atoms with van der Waals surface area (Å²) in [6, 6.07) is 5.38. The monoisotopic (exact) mass is 397 g/mol. The summed E-state index contributed by atoms with van der Waals surface area (Å²) in [5, 5.41) is 12.3. The number of rotatable bonds is 8. The molecule has 0 aliphatic carbocycles. The molecular weight excluding hydrogens is 370 g/mol. The number of nitrogens with zero attached hydrogens (tertiary/aromatic N) is 2. The highest BCUT2D eigenvalue weighted by atomic mass is 35.5. The van der Waals surface area contributed by atoms with Gasteiger partial charge in [-0.25, -0.2) is 0 Å². The SMILES string of the molecule is COc1ccc(Cl)cc1NC(=O)CCN1CCCC(N(C)CC(=O)O)CC1. The number of benzene rings is 1. The van der Waals surface area contributed by atoms with E-state index in [2.05, 4.69) is 10.2 Å². The Labute approximate surface area is 165 Å². The van der Waals surface area contributed by atoms with Crippen LogP contribution in [0.15, 0.2) is 18.2 Å². The summed E-state index contributed by atoms with van der Waals surface area (Å²) in [6.07, 6.45) is 3.27. The smallest absolute Gasteiger partial charge is 0.317 e. The van der Waals surface area contributed by atoms with E-state index in [9.17, 15) is 9.59 Å². The van der Waals surface area contributed by atoms with Crippen molar-refractivity contribution in [2.24, 2.45) is 0 Å². The lowest BCUT2D eigenvalue weighted by Gasteiger charge is -2.25. The topological polar surface area (TPSA) is 82.1 Å². The molecule has 1 amide bonds. The number of likely N-dealkylation sites (tertiary alicyclic amines) is 1. The molecule has 0 spiro atoms. The summed E-state index contributed by atoms with van der Waals surface area (Å²) >= 11 is 5.99. The molecule has 8 heteroatoms. The molecule has 0 saturated carbocycles. The zero-order chi connectivity index (χ0) is 19.8. The van der Waals surface area contributed by atoms with Gasteiger partial charge in [-0.1, -0.05) is 11.6 Å². The second-order valence-corrected chi connectivity index (χ2v) is 7.31. The van der Waals surface area contributed by atoms with Crippen molar-refractivity contribution in [3.8, 4) is 5.75 Å². The number of halogens is 1. The molecule has 1 aromatic carbocycles. The van der Waals surface area contributed by atoms with Crippen LogP contribution in [-0.2, 0) is 9.59 Å². The first-order valence-electron chi connectivity index (χ1n) is 9.17. The van der Waals surface area contributed by atoms with E-state index < -0.39 is 5.97 Å². The third kappa shape index (κ3) is 7.01. The summed E-state index contributed by atoms with van der Waals surface area (Å²) in [5.41, 5.74) is 0.571. The number of ether oxygens (including phenoxy) is 1. The average Bonchev–Trinajstić information content (AvgIpc) is 2.85.